The van der Waals surface area contributed by atoms with Crippen LogP contribution in [-0.2, 0) is 18.9 Å². The zero-order valence-electron chi connectivity index (χ0n) is 14.2. The molecule has 0 aliphatic carbocycles. The molecule has 0 rings (SSSR count). The highest BCUT2D eigenvalue weighted by atomic mass is 16.6. The van der Waals surface area contributed by atoms with Crippen molar-refractivity contribution in [3.63, 3.8) is 0 Å². The fourth-order valence-corrected chi connectivity index (χ4v) is 1.56. The second-order valence-electron chi connectivity index (χ2n) is 4.67. The molecule has 6 nitrogen and oxygen atoms in total. The Balaban J connectivity index is 3.73. The van der Waals surface area contributed by atoms with Crippen LogP contribution in [0, 0.1) is 0 Å². The van der Waals surface area contributed by atoms with Crippen LogP contribution in [0.1, 0.15) is 0 Å². The molecule has 0 aromatic heterocycles. The first-order valence-corrected chi connectivity index (χ1v) is 7.94. The van der Waals surface area contributed by atoms with E-state index in [9.17, 15) is 0 Å². The van der Waals surface area contributed by atoms with Crippen LogP contribution in [0.5, 0.6) is 0 Å². The van der Waals surface area contributed by atoms with Crippen molar-refractivity contribution in [3.8, 4) is 0 Å². The molecule has 0 radical (unpaired) electrons. The molecule has 138 valence electrons. The Morgan fingerprint density at radius 3 is 1.46 bits per heavy atom. The van der Waals surface area contributed by atoms with E-state index in [2.05, 4.69) is 13.2 Å². The summed E-state index contributed by atoms with van der Waals surface area (Å²) >= 11 is 0. The van der Waals surface area contributed by atoms with Crippen molar-refractivity contribution < 1.29 is 29.2 Å². The molecule has 0 aliphatic rings. The van der Waals surface area contributed by atoms with Crippen LogP contribution < -0.4 is 0 Å². The largest absolute Gasteiger partial charge is 0.392 e. The molecular formula is C18H30O6. The van der Waals surface area contributed by atoms with Gasteiger partial charge in [-0.3, -0.25) is 0 Å². The Morgan fingerprint density at radius 1 is 0.708 bits per heavy atom. The molecule has 0 bridgehead atoms. The van der Waals surface area contributed by atoms with Crippen molar-refractivity contribution in [3.05, 3.63) is 49.6 Å². The lowest BCUT2D eigenvalue weighted by Gasteiger charge is -2.16. The van der Waals surface area contributed by atoms with Gasteiger partial charge < -0.3 is 29.2 Å². The molecule has 0 aromatic rings. The molecule has 0 saturated heterocycles. The standard InChI is InChI=1S/C18H30O6/c1-3-17(15-21-11-7-5-9-19)23-13-14-24-18(4-2)16-22-12-8-6-10-20/h3-8,17-20H,1-2,9-16H2/b7-5+,8-6+. The maximum atomic E-state index is 8.60. The van der Waals surface area contributed by atoms with Gasteiger partial charge in [-0.05, 0) is 0 Å². The number of rotatable bonds is 17. The van der Waals surface area contributed by atoms with E-state index >= 15 is 0 Å². The van der Waals surface area contributed by atoms with Gasteiger partial charge in [-0.15, -0.1) is 13.2 Å². The summed E-state index contributed by atoms with van der Waals surface area (Å²) in [6, 6.07) is 0. The topological polar surface area (TPSA) is 77.4 Å². The minimum Gasteiger partial charge on any atom is -0.392 e. The maximum Gasteiger partial charge on any atom is 0.0988 e. The van der Waals surface area contributed by atoms with Crippen molar-refractivity contribution in [2.45, 2.75) is 12.2 Å². The highest BCUT2D eigenvalue weighted by molar-refractivity contribution is 4.84. The third-order valence-electron chi connectivity index (χ3n) is 2.81. The van der Waals surface area contributed by atoms with Crippen LogP contribution in [0.3, 0.4) is 0 Å². The third-order valence-corrected chi connectivity index (χ3v) is 2.81. The van der Waals surface area contributed by atoms with Gasteiger partial charge in [-0.25, -0.2) is 0 Å². The zero-order chi connectivity index (χ0) is 17.9. The van der Waals surface area contributed by atoms with Gasteiger partial charge in [-0.2, -0.15) is 0 Å². The summed E-state index contributed by atoms with van der Waals surface area (Å²) in [5.74, 6) is 0. The number of hydrogen-bond donors (Lipinski definition) is 2. The minimum atomic E-state index is -0.210. The highest BCUT2D eigenvalue weighted by Gasteiger charge is 2.07. The van der Waals surface area contributed by atoms with Crippen LogP contribution in [0.2, 0.25) is 0 Å². The quantitative estimate of drug-likeness (QED) is 0.306. The highest BCUT2D eigenvalue weighted by Crippen LogP contribution is 1.99. The van der Waals surface area contributed by atoms with E-state index < -0.39 is 0 Å². The van der Waals surface area contributed by atoms with E-state index in [-0.39, 0.29) is 25.4 Å². The first-order chi connectivity index (χ1) is 11.8. The molecule has 2 atom stereocenters. The van der Waals surface area contributed by atoms with Crippen molar-refractivity contribution in [1.29, 1.82) is 0 Å². The Kier molecular flexibility index (Phi) is 17.1. The van der Waals surface area contributed by atoms with E-state index in [1.54, 1.807) is 36.5 Å². The van der Waals surface area contributed by atoms with Gasteiger partial charge in [0.1, 0.15) is 0 Å². The molecule has 24 heavy (non-hydrogen) atoms. The van der Waals surface area contributed by atoms with Crippen LogP contribution >= 0.6 is 0 Å². The average Bonchev–Trinajstić information content (AvgIpc) is 2.61. The normalized spacial score (nSPS) is 14.2. The van der Waals surface area contributed by atoms with E-state index in [1.165, 1.54) is 0 Å². The molecule has 0 fully saturated rings. The Bertz CT molecular complexity index is 319. The van der Waals surface area contributed by atoms with Crippen molar-refractivity contribution in [2.75, 3.05) is 52.9 Å². The lowest BCUT2D eigenvalue weighted by atomic mass is 10.3. The maximum absolute atomic E-state index is 8.60. The summed E-state index contributed by atoms with van der Waals surface area (Å²) < 4.78 is 21.9. The summed E-state index contributed by atoms with van der Waals surface area (Å²) in [5, 5.41) is 17.2. The van der Waals surface area contributed by atoms with Gasteiger partial charge in [-0.1, -0.05) is 36.5 Å². The van der Waals surface area contributed by atoms with Crippen LogP contribution in [0.15, 0.2) is 49.6 Å². The first kappa shape index (κ1) is 22.7. The van der Waals surface area contributed by atoms with Crippen molar-refractivity contribution in [2.24, 2.45) is 0 Å². The predicted molar refractivity (Wildman–Crippen MR) is 94.0 cm³/mol. The lowest BCUT2D eigenvalue weighted by molar-refractivity contribution is -0.0381. The van der Waals surface area contributed by atoms with Gasteiger partial charge in [0.15, 0.2) is 0 Å². The third kappa shape index (κ3) is 14.3. The van der Waals surface area contributed by atoms with Crippen LogP contribution in [-0.4, -0.2) is 75.3 Å². The number of aliphatic hydroxyl groups excluding tert-OH is 2. The number of ether oxygens (including phenoxy) is 4. The summed E-state index contributed by atoms with van der Waals surface area (Å²) in [4.78, 5) is 0. The second-order valence-corrected chi connectivity index (χ2v) is 4.67. The van der Waals surface area contributed by atoms with E-state index in [1.807, 2.05) is 0 Å². The molecule has 0 aromatic carbocycles. The minimum absolute atomic E-state index is 0.00793. The summed E-state index contributed by atoms with van der Waals surface area (Å²) in [6.45, 7) is 9.87. The zero-order valence-corrected chi connectivity index (χ0v) is 14.2. The Labute approximate surface area is 144 Å². The van der Waals surface area contributed by atoms with E-state index in [0.29, 0.717) is 39.6 Å². The summed E-state index contributed by atoms with van der Waals surface area (Å²) in [5.41, 5.74) is 0. The molecule has 0 aliphatic heterocycles. The SMILES string of the molecule is C=CC(COC/C=C/CO)OCCOC(C=C)COC/C=C/CO. The molecule has 2 N–H and O–H groups in total. The first-order valence-electron chi connectivity index (χ1n) is 7.94. The monoisotopic (exact) mass is 342 g/mol. The van der Waals surface area contributed by atoms with Crippen LogP contribution in [0.4, 0.5) is 0 Å². The molecule has 0 amide bonds. The van der Waals surface area contributed by atoms with E-state index in [0.717, 1.165) is 0 Å². The van der Waals surface area contributed by atoms with Crippen molar-refractivity contribution in [1.82, 2.24) is 0 Å². The van der Waals surface area contributed by atoms with Gasteiger partial charge in [0, 0.05) is 0 Å². The molecule has 2 unspecified atom stereocenters. The van der Waals surface area contributed by atoms with E-state index in [4.69, 9.17) is 29.2 Å². The molecule has 0 saturated carbocycles. The lowest BCUT2D eigenvalue weighted by Crippen LogP contribution is -2.23. The molecule has 0 heterocycles. The number of hydrogen-bond acceptors (Lipinski definition) is 6. The second kappa shape index (κ2) is 18.1. The summed E-state index contributed by atoms with van der Waals surface area (Å²) in [6.07, 6.45) is 9.66. The summed E-state index contributed by atoms with van der Waals surface area (Å²) in [7, 11) is 0. The number of aliphatic hydroxyl groups is 2. The predicted octanol–water partition coefficient (Wildman–Crippen LogP) is 1.26. The van der Waals surface area contributed by atoms with Gasteiger partial charge in [0.05, 0.1) is 65.1 Å². The van der Waals surface area contributed by atoms with Gasteiger partial charge in [0.25, 0.3) is 0 Å². The van der Waals surface area contributed by atoms with Crippen molar-refractivity contribution >= 4 is 0 Å². The fourth-order valence-electron chi connectivity index (χ4n) is 1.56. The fraction of sp³-hybridized carbons (Fsp3) is 0.556. The molecule has 0 spiro atoms. The Hall–Kier alpha value is -1.28. The smallest absolute Gasteiger partial charge is 0.0988 e. The Morgan fingerprint density at radius 2 is 1.12 bits per heavy atom. The van der Waals surface area contributed by atoms with Gasteiger partial charge in [0.2, 0.25) is 0 Å². The molecule has 6 heteroatoms. The average molecular weight is 342 g/mol. The molecular weight excluding hydrogens is 312 g/mol. The van der Waals surface area contributed by atoms with Crippen LogP contribution in [0.25, 0.3) is 0 Å². The van der Waals surface area contributed by atoms with Gasteiger partial charge >= 0.3 is 0 Å².